The summed E-state index contributed by atoms with van der Waals surface area (Å²) < 4.78 is 2.38. The third kappa shape index (κ3) is 2.68. The number of aliphatic hydroxyl groups is 2. The topological polar surface area (TPSA) is 113 Å². The Morgan fingerprint density at radius 3 is 2.93 bits per heavy atom. The van der Waals surface area contributed by atoms with Crippen LogP contribution in [-0.4, -0.2) is 54.9 Å². The van der Waals surface area contributed by atoms with Gasteiger partial charge >= 0.3 is 0 Å². The Morgan fingerprint density at radius 2 is 2.21 bits per heavy atom. The number of aliphatic hydroxyl groups excluding tert-OH is 2. The van der Waals surface area contributed by atoms with Crippen LogP contribution in [0, 0.1) is 23.2 Å². The maximum atomic E-state index is 12.3. The van der Waals surface area contributed by atoms with E-state index in [1.54, 1.807) is 23.2 Å². The van der Waals surface area contributed by atoms with Gasteiger partial charge in [-0.1, -0.05) is 11.6 Å². The minimum atomic E-state index is -1.14. The lowest BCUT2D eigenvalue weighted by molar-refractivity contribution is -0.132. The molecular weight excluding hydrogens is 414 g/mol. The van der Waals surface area contributed by atoms with Gasteiger partial charge in [-0.05, 0) is 30.4 Å². The summed E-state index contributed by atoms with van der Waals surface area (Å²) in [6.07, 6.45) is 1.40. The minimum Gasteiger partial charge on any atom is -0.389 e. The van der Waals surface area contributed by atoms with E-state index in [1.165, 1.54) is 18.4 Å². The lowest BCUT2D eigenvalue weighted by Crippen LogP contribution is -2.41. The third-order valence-electron chi connectivity index (χ3n) is 5.83. The number of imidazole rings is 1. The fourth-order valence-corrected chi connectivity index (χ4v) is 5.29. The molecule has 10 heteroatoms. The molecule has 3 aromatic rings. The highest BCUT2D eigenvalue weighted by molar-refractivity contribution is 7.16. The van der Waals surface area contributed by atoms with E-state index >= 15 is 0 Å². The van der Waals surface area contributed by atoms with Crippen LogP contribution in [0.3, 0.4) is 0 Å². The van der Waals surface area contributed by atoms with Crippen molar-refractivity contribution < 1.29 is 15.0 Å². The summed E-state index contributed by atoms with van der Waals surface area (Å²) in [5.41, 5.74) is 0.0997. The molecule has 1 amide bonds. The van der Waals surface area contributed by atoms with Crippen LogP contribution in [0.2, 0.25) is 4.34 Å². The molecule has 5 rings (SSSR count). The molecule has 0 saturated heterocycles. The number of aromatic nitrogens is 4. The first-order valence-corrected chi connectivity index (χ1v) is 10.2. The Labute approximate surface area is 174 Å². The summed E-state index contributed by atoms with van der Waals surface area (Å²) in [5.74, 6) is 5.75. The molecule has 3 N–H and O–H groups in total. The van der Waals surface area contributed by atoms with Gasteiger partial charge in [0, 0.05) is 13.0 Å². The highest BCUT2D eigenvalue weighted by atomic mass is 35.5. The fourth-order valence-electron chi connectivity index (χ4n) is 4.39. The number of fused-ring (bicyclic) bond motifs is 2. The van der Waals surface area contributed by atoms with E-state index < -0.39 is 23.7 Å². The molecule has 3 aromatic heterocycles. The molecular formula is C19H16ClN5O3S. The molecule has 0 bridgehead atoms. The Balaban J connectivity index is 1.52. The second-order valence-corrected chi connectivity index (χ2v) is 8.98. The first-order valence-electron chi connectivity index (χ1n) is 9.01. The number of carbonyl (C=O) groups excluding carboxylic acids is 1. The lowest BCUT2D eigenvalue weighted by Gasteiger charge is -2.23. The van der Waals surface area contributed by atoms with Crippen molar-refractivity contribution in [2.24, 2.45) is 11.3 Å². The van der Waals surface area contributed by atoms with Crippen molar-refractivity contribution >= 4 is 40.0 Å². The Kier molecular flexibility index (Phi) is 4.15. The van der Waals surface area contributed by atoms with E-state index in [1.807, 2.05) is 6.07 Å². The number of amides is 1. The summed E-state index contributed by atoms with van der Waals surface area (Å²) in [5, 5.41) is 23.8. The van der Waals surface area contributed by atoms with Gasteiger partial charge in [0.05, 0.1) is 39.3 Å². The number of hydrogen-bond acceptors (Lipinski definition) is 7. The van der Waals surface area contributed by atoms with Crippen LogP contribution in [0.4, 0.5) is 0 Å². The number of thiophene rings is 1. The van der Waals surface area contributed by atoms with Crippen molar-refractivity contribution in [1.82, 2.24) is 24.8 Å². The van der Waals surface area contributed by atoms with E-state index in [-0.39, 0.29) is 11.8 Å². The van der Waals surface area contributed by atoms with Crippen molar-refractivity contribution in [1.29, 1.82) is 0 Å². The average Bonchev–Trinajstić information content (AvgIpc) is 2.98. The number of nitrogens with one attached hydrogen (secondary N) is 1. The largest absolute Gasteiger partial charge is 0.389 e. The summed E-state index contributed by atoms with van der Waals surface area (Å²) in [4.78, 5) is 26.2. The van der Waals surface area contributed by atoms with Gasteiger partial charge in [0.1, 0.15) is 11.6 Å². The molecule has 8 nitrogen and oxygen atoms in total. The normalized spacial score (nSPS) is 29.9. The zero-order chi connectivity index (χ0) is 20.3. The van der Waals surface area contributed by atoms with Crippen molar-refractivity contribution in [3.63, 3.8) is 0 Å². The molecule has 29 heavy (non-hydrogen) atoms. The second-order valence-electron chi connectivity index (χ2n) is 7.26. The Hall–Kier alpha value is -2.51. The van der Waals surface area contributed by atoms with Gasteiger partial charge in [-0.25, -0.2) is 15.0 Å². The van der Waals surface area contributed by atoms with Gasteiger partial charge in [0.2, 0.25) is 11.7 Å². The zero-order valence-corrected chi connectivity index (χ0v) is 16.8. The van der Waals surface area contributed by atoms with E-state index in [0.717, 1.165) is 4.88 Å². The summed E-state index contributed by atoms with van der Waals surface area (Å²) in [6.45, 7) is 0. The maximum absolute atomic E-state index is 12.3. The molecule has 1 unspecified atom stereocenters. The second kappa shape index (κ2) is 6.50. The zero-order valence-electron chi connectivity index (χ0n) is 15.2. The Bertz CT molecular complexity index is 1200. The molecule has 148 valence electrons. The van der Waals surface area contributed by atoms with E-state index in [9.17, 15) is 15.0 Å². The van der Waals surface area contributed by atoms with Crippen molar-refractivity contribution in [2.75, 3.05) is 7.05 Å². The fraction of sp³-hybridized carbons (Fsp3) is 0.368. The lowest BCUT2D eigenvalue weighted by atomic mass is 9.98. The van der Waals surface area contributed by atoms with Gasteiger partial charge < -0.3 is 20.1 Å². The van der Waals surface area contributed by atoms with Gasteiger partial charge in [-0.3, -0.25) is 4.79 Å². The molecule has 0 radical (unpaired) electrons. The quantitative estimate of drug-likeness (QED) is 0.523. The first-order chi connectivity index (χ1) is 14.0. The molecule has 3 heterocycles. The van der Waals surface area contributed by atoms with E-state index in [0.29, 0.717) is 27.7 Å². The molecule has 0 aliphatic heterocycles. The molecule has 2 saturated carbocycles. The molecule has 0 spiro atoms. The van der Waals surface area contributed by atoms with Gasteiger partial charge in [-0.15, -0.1) is 11.3 Å². The van der Waals surface area contributed by atoms with Crippen LogP contribution in [0.5, 0.6) is 0 Å². The molecule has 2 fully saturated rings. The Morgan fingerprint density at radius 1 is 1.38 bits per heavy atom. The van der Waals surface area contributed by atoms with Crippen LogP contribution in [0.1, 0.15) is 23.2 Å². The van der Waals surface area contributed by atoms with Crippen LogP contribution < -0.4 is 5.32 Å². The van der Waals surface area contributed by atoms with Crippen LogP contribution in [0.15, 0.2) is 24.7 Å². The highest BCUT2D eigenvalue weighted by Crippen LogP contribution is 2.67. The first kappa shape index (κ1) is 18.5. The highest BCUT2D eigenvalue weighted by Gasteiger charge is 2.75. The minimum absolute atomic E-state index is 0.192. The number of carbonyl (C=O) groups is 1. The number of rotatable bonds is 2. The molecule has 5 atom stereocenters. The van der Waals surface area contributed by atoms with E-state index in [2.05, 4.69) is 32.1 Å². The smallest absolute Gasteiger partial charge is 0.229 e. The van der Waals surface area contributed by atoms with Crippen molar-refractivity contribution in [3.05, 3.63) is 39.7 Å². The van der Waals surface area contributed by atoms with Crippen LogP contribution in [0.25, 0.3) is 11.2 Å². The maximum Gasteiger partial charge on any atom is 0.229 e. The van der Waals surface area contributed by atoms with Crippen molar-refractivity contribution in [3.8, 4) is 11.8 Å². The van der Waals surface area contributed by atoms with Crippen LogP contribution >= 0.6 is 22.9 Å². The molecule has 2 aliphatic carbocycles. The molecule has 2 aliphatic rings. The summed E-state index contributed by atoms with van der Waals surface area (Å²) in [7, 11) is 1.53. The predicted octanol–water partition coefficient (Wildman–Crippen LogP) is 0.970. The van der Waals surface area contributed by atoms with Crippen LogP contribution in [-0.2, 0) is 4.79 Å². The standard InChI is InChI=1S/C19H16ClN5O3S/c1-21-18(28)19-6-10(19)14(15(26)16(19)27)25-8-23-11-7-22-13(24-17(11)25)5-3-9-2-4-12(20)29-9/h2,4,7-8,10,14-16,26-27H,6H2,1H3,(H,21,28)/t10?,14-,15+,16+,19+/m1/s1. The number of nitrogens with zero attached hydrogens (tertiary/aromatic N) is 4. The SMILES string of the molecule is CNC(=O)[C@@]12CC1[C@@H](n1cnc3cnc(C#Cc4ccc(Cl)s4)nc31)[C@H](O)[C@@H]2O. The summed E-state index contributed by atoms with van der Waals surface area (Å²) in [6, 6.07) is 3.10. The summed E-state index contributed by atoms with van der Waals surface area (Å²) >= 11 is 7.29. The van der Waals surface area contributed by atoms with Crippen molar-refractivity contribution in [2.45, 2.75) is 24.7 Å². The van der Waals surface area contributed by atoms with Gasteiger partial charge in [0.15, 0.2) is 5.65 Å². The monoisotopic (exact) mass is 429 g/mol. The number of hydrogen-bond donors (Lipinski definition) is 3. The van der Waals surface area contributed by atoms with Gasteiger partial charge in [-0.2, -0.15) is 0 Å². The third-order valence-corrected chi connectivity index (χ3v) is 6.98. The predicted molar refractivity (Wildman–Crippen MR) is 106 cm³/mol. The van der Waals surface area contributed by atoms with E-state index in [4.69, 9.17) is 11.6 Å². The molecule has 0 aromatic carbocycles. The van der Waals surface area contributed by atoms with Gasteiger partial charge in [0.25, 0.3) is 0 Å². The number of halogens is 1. The average molecular weight is 430 g/mol.